The summed E-state index contributed by atoms with van der Waals surface area (Å²) in [5.41, 5.74) is 9.18. The summed E-state index contributed by atoms with van der Waals surface area (Å²) in [5.74, 6) is 0.319. The van der Waals surface area contributed by atoms with Crippen molar-refractivity contribution in [3.05, 3.63) is 46.3 Å². The number of fused-ring (bicyclic) bond motifs is 1. The van der Waals surface area contributed by atoms with Crippen molar-refractivity contribution in [1.29, 1.82) is 0 Å². The van der Waals surface area contributed by atoms with Crippen molar-refractivity contribution >= 4 is 34.0 Å². The number of hydrogen-bond acceptors (Lipinski definition) is 5. The van der Waals surface area contributed by atoms with Gasteiger partial charge in [-0.15, -0.1) is 11.3 Å². The molecular formula is C20H23N3O3S. The van der Waals surface area contributed by atoms with E-state index in [0.29, 0.717) is 42.7 Å². The second-order valence-corrected chi connectivity index (χ2v) is 8.07. The van der Waals surface area contributed by atoms with Gasteiger partial charge in [0.15, 0.2) is 0 Å². The number of nitrogen functional groups attached to an aromatic ring is 1. The molecule has 1 saturated carbocycles. The van der Waals surface area contributed by atoms with Gasteiger partial charge in [0, 0.05) is 17.3 Å². The lowest BCUT2D eigenvalue weighted by Gasteiger charge is -2.26. The van der Waals surface area contributed by atoms with Gasteiger partial charge in [-0.1, -0.05) is 30.3 Å². The lowest BCUT2D eigenvalue weighted by molar-refractivity contribution is -0.117. The molecule has 1 aromatic carbocycles. The summed E-state index contributed by atoms with van der Waals surface area (Å²) in [4.78, 5) is 27.3. The van der Waals surface area contributed by atoms with Crippen molar-refractivity contribution < 1.29 is 14.3 Å². The Kier molecular flexibility index (Phi) is 4.78. The van der Waals surface area contributed by atoms with Crippen molar-refractivity contribution in [2.24, 2.45) is 5.92 Å². The molecule has 1 aliphatic carbocycles. The van der Waals surface area contributed by atoms with Gasteiger partial charge in [-0.05, 0) is 36.8 Å². The summed E-state index contributed by atoms with van der Waals surface area (Å²) in [7, 11) is 0. The average molecular weight is 385 g/mol. The third-order valence-corrected chi connectivity index (χ3v) is 6.36. The van der Waals surface area contributed by atoms with Crippen LogP contribution in [0.2, 0.25) is 0 Å². The van der Waals surface area contributed by atoms with Gasteiger partial charge >= 0.3 is 6.09 Å². The number of carbonyl (C=O) groups excluding carboxylic acids is 2. The molecule has 4 rings (SSSR count). The number of rotatable bonds is 4. The van der Waals surface area contributed by atoms with Gasteiger partial charge in [0.05, 0.1) is 18.8 Å². The summed E-state index contributed by atoms with van der Waals surface area (Å²) in [6.45, 7) is 3.22. The molecule has 0 saturated heterocycles. The van der Waals surface area contributed by atoms with E-state index in [1.807, 2.05) is 18.2 Å². The van der Waals surface area contributed by atoms with Crippen molar-refractivity contribution in [3.8, 4) is 0 Å². The van der Waals surface area contributed by atoms with Crippen LogP contribution in [0.25, 0.3) is 0 Å². The largest absolute Gasteiger partial charge is 0.450 e. The number of carbonyl (C=O) groups is 2. The van der Waals surface area contributed by atoms with Crippen LogP contribution < -0.4 is 11.1 Å². The highest BCUT2D eigenvalue weighted by molar-refractivity contribution is 7.17. The Morgan fingerprint density at radius 2 is 2.11 bits per heavy atom. The fraction of sp³-hybridized carbons (Fsp3) is 0.400. The second-order valence-electron chi connectivity index (χ2n) is 6.97. The number of thiophene rings is 1. The molecule has 6 nitrogen and oxygen atoms in total. The molecule has 0 radical (unpaired) electrons. The van der Waals surface area contributed by atoms with Gasteiger partial charge in [0.1, 0.15) is 5.00 Å². The highest BCUT2D eigenvalue weighted by atomic mass is 32.1. The second kappa shape index (κ2) is 7.23. The van der Waals surface area contributed by atoms with E-state index in [0.717, 1.165) is 16.9 Å². The first-order valence-electron chi connectivity index (χ1n) is 9.26. The summed E-state index contributed by atoms with van der Waals surface area (Å²) in [6, 6.07) is 10.1. The Balaban J connectivity index is 1.42. The Morgan fingerprint density at radius 3 is 2.85 bits per heavy atom. The van der Waals surface area contributed by atoms with E-state index in [2.05, 4.69) is 17.4 Å². The Bertz CT molecular complexity index is 865. The average Bonchev–Trinajstić information content (AvgIpc) is 3.43. The van der Waals surface area contributed by atoms with Crippen LogP contribution in [0, 0.1) is 5.92 Å². The standard InChI is InChI=1S/C20H23N3O3S/c1-2-26-20(25)23-9-8-13-16(11-23)27-19(17(13)21)22-18(24)15-10-14(15)12-6-4-3-5-7-12/h3-7,14-15H,2,8-11,21H2,1H3,(H,22,24). The van der Waals surface area contributed by atoms with E-state index in [9.17, 15) is 9.59 Å². The Morgan fingerprint density at radius 1 is 1.33 bits per heavy atom. The van der Waals surface area contributed by atoms with Crippen molar-refractivity contribution in [2.75, 3.05) is 24.2 Å². The third kappa shape index (κ3) is 3.51. The Hall–Kier alpha value is -2.54. The lowest BCUT2D eigenvalue weighted by Crippen LogP contribution is -2.35. The highest BCUT2D eigenvalue weighted by Crippen LogP contribution is 2.48. The van der Waals surface area contributed by atoms with E-state index < -0.39 is 0 Å². The van der Waals surface area contributed by atoms with Gasteiger partial charge < -0.3 is 20.7 Å². The zero-order chi connectivity index (χ0) is 19.0. The molecule has 2 atom stereocenters. The molecule has 1 aromatic heterocycles. The minimum absolute atomic E-state index is 0.00181. The van der Waals surface area contributed by atoms with Crippen LogP contribution in [0.1, 0.15) is 35.3 Å². The third-order valence-electron chi connectivity index (χ3n) is 5.22. The van der Waals surface area contributed by atoms with Gasteiger partial charge in [-0.25, -0.2) is 4.79 Å². The molecule has 0 bridgehead atoms. The van der Waals surface area contributed by atoms with E-state index in [4.69, 9.17) is 10.5 Å². The van der Waals surface area contributed by atoms with Crippen LogP contribution >= 0.6 is 11.3 Å². The van der Waals surface area contributed by atoms with Crippen molar-refractivity contribution in [3.63, 3.8) is 0 Å². The molecule has 2 unspecified atom stereocenters. The molecule has 7 heteroatoms. The molecular weight excluding hydrogens is 362 g/mol. The molecule has 142 valence electrons. The number of nitrogens with zero attached hydrogens (tertiary/aromatic N) is 1. The summed E-state index contributed by atoms with van der Waals surface area (Å²) >= 11 is 1.47. The van der Waals surface area contributed by atoms with Crippen molar-refractivity contribution in [1.82, 2.24) is 4.90 Å². The van der Waals surface area contributed by atoms with E-state index >= 15 is 0 Å². The molecule has 2 aromatic rings. The number of nitrogens with two attached hydrogens (primary N) is 1. The monoisotopic (exact) mass is 385 g/mol. The molecule has 1 aliphatic heterocycles. The van der Waals surface area contributed by atoms with Gasteiger partial charge in [-0.2, -0.15) is 0 Å². The maximum atomic E-state index is 12.6. The maximum Gasteiger partial charge on any atom is 0.410 e. The predicted octanol–water partition coefficient (Wildman–Crippen LogP) is 3.59. The minimum Gasteiger partial charge on any atom is -0.450 e. The normalized spacial score (nSPS) is 20.7. The summed E-state index contributed by atoms with van der Waals surface area (Å²) in [5, 5.41) is 3.72. The first-order valence-corrected chi connectivity index (χ1v) is 10.1. The number of nitrogens with one attached hydrogen (secondary N) is 1. The van der Waals surface area contributed by atoms with E-state index in [1.54, 1.807) is 11.8 Å². The molecule has 0 spiro atoms. The Labute approximate surface area is 162 Å². The lowest BCUT2D eigenvalue weighted by atomic mass is 10.1. The predicted molar refractivity (Wildman–Crippen MR) is 106 cm³/mol. The SMILES string of the molecule is CCOC(=O)N1CCc2c(sc(NC(=O)C3CC3c3ccccc3)c2N)C1. The highest BCUT2D eigenvalue weighted by Gasteiger charge is 2.44. The maximum absolute atomic E-state index is 12.6. The number of ether oxygens (including phenoxy) is 1. The molecule has 1 fully saturated rings. The topological polar surface area (TPSA) is 84.7 Å². The smallest absolute Gasteiger partial charge is 0.410 e. The van der Waals surface area contributed by atoms with Crippen molar-refractivity contribution in [2.45, 2.75) is 32.2 Å². The van der Waals surface area contributed by atoms with Crippen LogP contribution in [-0.2, 0) is 22.5 Å². The van der Waals surface area contributed by atoms with Crippen LogP contribution in [-0.4, -0.2) is 30.1 Å². The van der Waals surface area contributed by atoms with Gasteiger partial charge in [0.25, 0.3) is 0 Å². The van der Waals surface area contributed by atoms with E-state index in [-0.39, 0.29) is 17.9 Å². The van der Waals surface area contributed by atoms with Crippen LogP contribution in [0.15, 0.2) is 30.3 Å². The van der Waals surface area contributed by atoms with Gasteiger partial charge in [0.2, 0.25) is 5.91 Å². The van der Waals surface area contributed by atoms with Crippen LogP contribution in [0.5, 0.6) is 0 Å². The summed E-state index contributed by atoms with van der Waals surface area (Å²) < 4.78 is 5.08. The van der Waals surface area contributed by atoms with Crippen LogP contribution in [0.3, 0.4) is 0 Å². The zero-order valence-electron chi connectivity index (χ0n) is 15.2. The van der Waals surface area contributed by atoms with E-state index in [1.165, 1.54) is 16.9 Å². The first kappa shape index (κ1) is 17.9. The molecule has 2 heterocycles. The number of benzene rings is 1. The molecule has 2 amide bonds. The zero-order valence-corrected chi connectivity index (χ0v) is 16.1. The van der Waals surface area contributed by atoms with Crippen LogP contribution in [0.4, 0.5) is 15.5 Å². The number of hydrogen-bond donors (Lipinski definition) is 2. The molecule has 2 aliphatic rings. The fourth-order valence-electron chi connectivity index (χ4n) is 3.65. The molecule has 3 N–H and O–H groups in total. The number of amides is 2. The van der Waals surface area contributed by atoms with Gasteiger partial charge in [-0.3, -0.25) is 4.79 Å². The summed E-state index contributed by atoms with van der Waals surface area (Å²) in [6.07, 6.45) is 1.25. The first-order chi connectivity index (χ1) is 13.1. The fourth-order valence-corrected chi connectivity index (χ4v) is 4.84. The quantitative estimate of drug-likeness (QED) is 0.842. The number of anilines is 2. The molecule has 27 heavy (non-hydrogen) atoms. The minimum atomic E-state index is -0.301.